The third-order valence-corrected chi connectivity index (χ3v) is 14.7. The van der Waals surface area contributed by atoms with Crippen LogP contribution in [0.1, 0.15) is 342 Å². The molecule has 77 heavy (non-hydrogen) atoms. The topological polar surface area (TPSA) is 78.9 Å². The van der Waals surface area contributed by atoms with Crippen molar-refractivity contribution in [2.24, 2.45) is 0 Å². The zero-order valence-corrected chi connectivity index (χ0v) is 51.2. The molecule has 0 aromatic carbocycles. The standard InChI is InChI=1S/C71H126O6/c1-4-7-10-13-15-17-19-21-23-25-27-29-31-33-35-37-39-41-43-45-47-49-51-53-55-58-61-64-70(73)76-67-68(66-75-69(72)63-60-57-12-9-6-3)77-71(74)65-62-59-56-54-52-50-48-46-44-42-40-38-36-34-32-30-28-26-24-22-20-18-16-14-11-8-5-2/h19-22,25-28,31-34,68H,4-18,23-24,29-30,35-67H2,1-3H3/b21-19-,22-20-,27-25-,28-26-,33-31-,34-32-. The average molecular weight is 1080 g/mol. The fraction of sp³-hybridized carbons (Fsp3) is 0.789. The van der Waals surface area contributed by atoms with Gasteiger partial charge in [-0.3, -0.25) is 14.4 Å². The van der Waals surface area contributed by atoms with E-state index in [2.05, 4.69) is 93.7 Å². The zero-order chi connectivity index (χ0) is 55.7. The van der Waals surface area contributed by atoms with Crippen molar-refractivity contribution < 1.29 is 28.6 Å². The van der Waals surface area contributed by atoms with Gasteiger partial charge in [0.1, 0.15) is 13.2 Å². The molecule has 0 saturated heterocycles. The van der Waals surface area contributed by atoms with E-state index < -0.39 is 6.10 Å². The number of esters is 3. The van der Waals surface area contributed by atoms with Crippen molar-refractivity contribution in [3.63, 3.8) is 0 Å². The molecular formula is C71H126O6. The fourth-order valence-corrected chi connectivity index (χ4v) is 9.64. The highest BCUT2D eigenvalue weighted by atomic mass is 16.6. The zero-order valence-electron chi connectivity index (χ0n) is 51.2. The van der Waals surface area contributed by atoms with Crippen LogP contribution in [0.3, 0.4) is 0 Å². The van der Waals surface area contributed by atoms with Crippen LogP contribution in [0.5, 0.6) is 0 Å². The highest BCUT2D eigenvalue weighted by Crippen LogP contribution is 2.17. The first-order valence-corrected chi connectivity index (χ1v) is 33.4. The Bertz CT molecular complexity index is 1420. The summed E-state index contributed by atoms with van der Waals surface area (Å²) in [5.41, 5.74) is 0. The predicted molar refractivity (Wildman–Crippen MR) is 335 cm³/mol. The lowest BCUT2D eigenvalue weighted by Gasteiger charge is -2.18. The van der Waals surface area contributed by atoms with E-state index in [0.29, 0.717) is 19.3 Å². The molecule has 0 saturated carbocycles. The second-order valence-corrected chi connectivity index (χ2v) is 22.4. The molecule has 0 bridgehead atoms. The van der Waals surface area contributed by atoms with Crippen molar-refractivity contribution in [2.75, 3.05) is 13.2 Å². The number of hydrogen-bond acceptors (Lipinski definition) is 6. The minimum Gasteiger partial charge on any atom is -0.462 e. The SMILES string of the molecule is CCCCCCC/C=C\C/C=C\C/C=C\CCCCCCCCCCCCCCC(=O)OCC(COC(=O)CCCCCCC)OC(=O)CCCCCCCCCCCCCC/C=C\C/C=C\C/C=C\CCCCCCC. The van der Waals surface area contributed by atoms with E-state index in [1.165, 1.54) is 212 Å². The Hall–Kier alpha value is -3.15. The first-order valence-electron chi connectivity index (χ1n) is 33.4. The van der Waals surface area contributed by atoms with Gasteiger partial charge in [-0.2, -0.15) is 0 Å². The molecule has 6 heteroatoms. The molecule has 0 spiro atoms. The Balaban J connectivity index is 4.02. The monoisotopic (exact) mass is 1070 g/mol. The van der Waals surface area contributed by atoms with Crippen molar-refractivity contribution in [1.29, 1.82) is 0 Å². The summed E-state index contributed by atoms with van der Waals surface area (Å²) in [6, 6.07) is 0. The summed E-state index contributed by atoms with van der Waals surface area (Å²) in [4.78, 5) is 38.0. The lowest BCUT2D eigenvalue weighted by atomic mass is 10.0. The number of rotatable bonds is 61. The van der Waals surface area contributed by atoms with E-state index in [4.69, 9.17) is 14.2 Å². The number of carbonyl (C=O) groups is 3. The molecule has 0 heterocycles. The minimum atomic E-state index is -0.774. The molecule has 0 radical (unpaired) electrons. The molecule has 0 aliphatic carbocycles. The highest BCUT2D eigenvalue weighted by molar-refractivity contribution is 5.71. The van der Waals surface area contributed by atoms with Gasteiger partial charge in [-0.1, -0.05) is 299 Å². The number of unbranched alkanes of at least 4 members (excludes halogenated alkanes) is 38. The molecule has 1 unspecified atom stereocenters. The van der Waals surface area contributed by atoms with Gasteiger partial charge in [0.25, 0.3) is 0 Å². The van der Waals surface area contributed by atoms with Gasteiger partial charge >= 0.3 is 17.9 Å². The summed E-state index contributed by atoms with van der Waals surface area (Å²) in [5, 5.41) is 0. The molecule has 0 rings (SSSR count). The van der Waals surface area contributed by atoms with E-state index in [-0.39, 0.29) is 31.1 Å². The van der Waals surface area contributed by atoms with Crippen LogP contribution in [0, 0.1) is 0 Å². The molecule has 0 aromatic heterocycles. The van der Waals surface area contributed by atoms with Crippen LogP contribution in [-0.4, -0.2) is 37.2 Å². The minimum absolute atomic E-state index is 0.0750. The van der Waals surface area contributed by atoms with Gasteiger partial charge in [-0.05, 0) is 96.3 Å². The van der Waals surface area contributed by atoms with Gasteiger partial charge in [0, 0.05) is 19.3 Å². The van der Waals surface area contributed by atoms with Gasteiger partial charge in [-0.25, -0.2) is 0 Å². The second-order valence-electron chi connectivity index (χ2n) is 22.4. The van der Waals surface area contributed by atoms with Crippen LogP contribution >= 0.6 is 0 Å². The Kier molecular flexibility index (Phi) is 62.7. The van der Waals surface area contributed by atoms with E-state index in [9.17, 15) is 14.4 Å². The van der Waals surface area contributed by atoms with Gasteiger partial charge in [0.15, 0.2) is 6.10 Å². The van der Waals surface area contributed by atoms with Crippen molar-refractivity contribution >= 4 is 17.9 Å². The summed E-state index contributed by atoms with van der Waals surface area (Å²) in [6.45, 7) is 6.57. The van der Waals surface area contributed by atoms with Gasteiger partial charge in [0.2, 0.25) is 0 Å². The van der Waals surface area contributed by atoms with Crippen LogP contribution in [0.15, 0.2) is 72.9 Å². The summed E-state index contributed by atoms with van der Waals surface area (Å²) >= 11 is 0. The maximum Gasteiger partial charge on any atom is 0.306 e. The number of allylic oxidation sites excluding steroid dienone is 12. The second kappa shape index (κ2) is 65.4. The van der Waals surface area contributed by atoms with Crippen molar-refractivity contribution in [1.82, 2.24) is 0 Å². The van der Waals surface area contributed by atoms with E-state index in [0.717, 1.165) is 89.9 Å². The lowest BCUT2D eigenvalue weighted by Crippen LogP contribution is -2.30. The summed E-state index contributed by atoms with van der Waals surface area (Å²) in [5.74, 6) is -0.879. The average Bonchev–Trinajstić information content (AvgIpc) is 3.43. The molecule has 446 valence electrons. The summed E-state index contributed by atoms with van der Waals surface area (Å²) in [6.07, 6.45) is 85.4. The molecule has 0 amide bonds. The maximum atomic E-state index is 12.8. The van der Waals surface area contributed by atoms with E-state index >= 15 is 0 Å². The fourth-order valence-electron chi connectivity index (χ4n) is 9.64. The molecular weight excluding hydrogens is 949 g/mol. The highest BCUT2D eigenvalue weighted by Gasteiger charge is 2.19. The molecule has 1 atom stereocenters. The Morgan fingerprint density at radius 3 is 0.727 bits per heavy atom. The van der Waals surface area contributed by atoms with Gasteiger partial charge in [0.05, 0.1) is 0 Å². The molecule has 6 nitrogen and oxygen atoms in total. The van der Waals surface area contributed by atoms with Crippen LogP contribution < -0.4 is 0 Å². The van der Waals surface area contributed by atoms with Gasteiger partial charge < -0.3 is 14.2 Å². The molecule has 0 aromatic rings. The third kappa shape index (κ3) is 63.6. The lowest BCUT2D eigenvalue weighted by molar-refractivity contribution is -0.167. The number of hydrogen-bond donors (Lipinski definition) is 0. The van der Waals surface area contributed by atoms with Gasteiger partial charge in [-0.15, -0.1) is 0 Å². The first-order chi connectivity index (χ1) is 38.0. The largest absolute Gasteiger partial charge is 0.462 e. The van der Waals surface area contributed by atoms with Crippen molar-refractivity contribution in [3.8, 4) is 0 Å². The normalized spacial score (nSPS) is 12.5. The maximum absolute atomic E-state index is 12.8. The predicted octanol–water partition coefficient (Wildman–Crippen LogP) is 22.9. The summed E-state index contributed by atoms with van der Waals surface area (Å²) < 4.78 is 16.8. The molecule has 0 aliphatic rings. The van der Waals surface area contributed by atoms with Crippen LogP contribution in [-0.2, 0) is 28.6 Å². The van der Waals surface area contributed by atoms with Crippen LogP contribution in [0.25, 0.3) is 0 Å². The smallest absolute Gasteiger partial charge is 0.306 e. The quantitative estimate of drug-likeness (QED) is 0.0261. The van der Waals surface area contributed by atoms with E-state index in [1.807, 2.05) is 0 Å². The first kappa shape index (κ1) is 73.8. The Morgan fingerprint density at radius 2 is 0.468 bits per heavy atom. The van der Waals surface area contributed by atoms with Crippen molar-refractivity contribution in [3.05, 3.63) is 72.9 Å². The number of carbonyl (C=O) groups excluding carboxylic acids is 3. The number of ether oxygens (including phenoxy) is 3. The van der Waals surface area contributed by atoms with Crippen LogP contribution in [0.4, 0.5) is 0 Å². The summed E-state index contributed by atoms with van der Waals surface area (Å²) in [7, 11) is 0. The van der Waals surface area contributed by atoms with Crippen molar-refractivity contribution in [2.45, 2.75) is 348 Å². The Labute approximate surface area is 478 Å². The molecule has 0 N–H and O–H groups in total. The van der Waals surface area contributed by atoms with Crippen LogP contribution in [0.2, 0.25) is 0 Å². The third-order valence-electron chi connectivity index (χ3n) is 14.7. The molecule has 0 aliphatic heterocycles. The van der Waals surface area contributed by atoms with E-state index in [1.54, 1.807) is 0 Å². The Morgan fingerprint density at radius 1 is 0.260 bits per heavy atom. The molecule has 0 fully saturated rings.